The van der Waals surface area contributed by atoms with Gasteiger partial charge >= 0.3 is 0 Å². The molecule has 0 aromatic heterocycles. The zero-order chi connectivity index (χ0) is 17.7. The van der Waals surface area contributed by atoms with Crippen molar-refractivity contribution >= 4 is 11.6 Å². The van der Waals surface area contributed by atoms with Crippen molar-refractivity contribution in [3.8, 4) is 11.5 Å². The molecule has 138 valence electrons. The highest BCUT2D eigenvalue weighted by Gasteiger charge is 2.71. The van der Waals surface area contributed by atoms with Gasteiger partial charge in [-0.2, -0.15) is 0 Å². The van der Waals surface area contributed by atoms with Crippen molar-refractivity contribution in [2.24, 2.45) is 5.92 Å². The molecule has 5 aliphatic rings. The second-order valence-corrected chi connectivity index (χ2v) is 9.29. The summed E-state index contributed by atoms with van der Waals surface area (Å²) in [5.74, 6) is 2.39. The highest BCUT2D eigenvalue weighted by Crippen LogP contribution is 2.66. The Morgan fingerprint density at radius 2 is 2.23 bits per heavy atom. The zero-order valence-corrected chi connectivity index (χ0v) is 15.7. The number of aliphatic hydroxyl groups excluding tert-OH is 1. The summed E-state index contributed by atoms with van der Waals surface area (Å²) in [6.07, 6.45) is 7.51. The Morgan fingerprint density at radius 1 is 1.38 bits per heavy atom. The van der Waals surface area contributed by atoms with Crippen LogP contribution in [0, 0.1) is 5.92 Å². The molecule has 2 bridgehead atoms. The largest absolute Gasteiger partial charge is 0.493 e. The van der Waals surface area contributed by atoms with E-state index in [1.165, 1.54) is 24.0 Å². The summed E-state index contributed by atoms with van der Waals surface area (Å²) < 4.78 is 12.0. The minimum atomic E-state index is -0.638. The molecule has 5 heteroatoms. The van der Waals surface area contributed by atoms with E-state index in [9.17, 15) is 5.11 Å². The molecule has 1 saturated carbocycles. The van der Waals surface area contributed by atoms with Gasteiger partial charge in [-0.3, -0.25) is 4.90 Å². The van der Waals surface area contributed by atoms with E-state index in [4.69, 9.17) is 21.1 Å². The van der Waals surface area contributed by atoms with Crippen LogP contribution in [0.25, 0.3) is 0 Å². The van der Waals surface area contributed by atoms with E-state index >= 15 is 0 Å². The second kappa shape index (κ2) is 4.98. The number of halogens is 1. The van der Waals surface area contributed by atoms with E-state index < -0.39 is 11.0 Å². The van der Waals surface area contributed by atoms with E-state index in [0.717, 1.165) is 43.3 Å². The van der Waals surface area contributed by atoms with Gasteiger partial charge in [-0.15, -0.1) is 11.6 Å². The lowest BCUT2D eigenvalue weighted by Gasteiger charge is -2.61. The van der Waals surface area contributed by atoms with Gasteiger partial charge in [-0.1, -0.05) is 18.2 Å². The Morgan fingerprint density at radius 3 is 3.00 bits per heavy atom. The fourth-order valence-electron chi connectivity index (χ4n) is 6.12. The third-order valence-corrected chi connectivity index (χ3v) is 8.17. The summed E-state index contributed by atoms with van der Waals surface area (Å²) in [6, 6.07) is 4.43. The number of rotatable bonds is 3. The summed E-state index contributed by atoms with van der Waals surface area (Å²) in [5.41, 5.74) is 2.14. The molecule has 1 aromatic rings. The molecule has 1 aromatic carbocycles. The van der Waals surface area contributed by atoms with Crippen molar-refractivity contribution in [2.45, 2.75) is 54.2 Å². The molecule has 2 unspecified atom stereocenters. The molecule has 2 heterocycles. The minimum absolute atomic E-state index is 0.250. The molecule has 6 rings (SSSR count). The van der Waals surface area contributed by atoms with Crippen LogP contribution in [-0.4, -0.2) is 53.3 Å². The Hall–Kier alpha value is -1.23. The molecular formula is C21H24ClNO3. The number of ether oxygens (including phenoxy) is 2. The third kappa shape index (κ3) is 1.70. The predicted molar refractivity (Wildman–Crippen MR) is 99.2 cm³/mol. The van der Waals surface area contributed by atoms with Gasteiger partial charge < -0.3 is 14.6 Å². The quantitative estimate of drug-likeness (QED) is 0.653. The molecule has 4 nitrogen and oxygen atoms in total. The first-order valence-corrected chi connectivity index (χ1v) is 10.1. The van der Waals surface area contributed by atoms with E-state index in [1.54, 1.807) is 7.11 Å². The van der Waals surface area contributed by atoms with Crippen LogP contribution in [0.3, 0.4) is 0 Å². The Balaban J connectivity index is 1.58. The first-order valence-electron chi connectivity index (χ1n) is 9.76. The molecule has 2 fully saturated rings. The minimum Gasteiger partial charge on any atom is -0.493 e. The van der Waals surface area contributed by atoms with Crippen molar-refractivity contribution in [2.75, 3.05) is 20.2 Å². The van der Waals surface area contributed by atoms with Gasteiger partial charge in [0.25, 0.3) is 0 Å². The number of benzene rings is 1. The Labute approximate surface area is 158 Å². The number of methoxy groups -OCH3 is 1. The van der Waals surface area contributed by atoms with Crippen LogP contribution in [-0.2, 0) is 11.8 Å². The Kier molecular flexibility index (Phi) is 3.02. The van der Waals surface area contributed by atoms with Crippen molar-refractivity contribution < 1.29 is 14.6 Å². The van der Waals surface area contributed by atoms with Crippen LogP contribution in [0.1, 0.15) is 30.4 Å². The zero-order valence-electron chi connectivity index (χ0n) is 15.0. The summed E-state index contributed by atoms with van der Waals surface area (Å²) in [4.78, 5) is 2.08. The van der Waals surface area contributed by atoms with Gasteiger partial charge in [0.1, 0.15) is 12.2 Å². The van der Waals surface area contributed by atoms with Crippen LogP contribution in [0.15, 0.2) is 24.3 Å². The average Bonchev–Trinajstić information content (AvgIpc) is 3.37. The number of hydrogen-bond acceptors (Lipinski definition) is 4. The molecule has 2 aliphatic heterocycles. The number of nitrogens with zero attached hydrogens (tertiary/aromatic N) is 1. The SMILES string of the molecule is COc1ccc2c3c1O[C@H]1[C@@H](O)C=C[C@@]4(Cl)C(C2)N(CC2CC2)CCC314. The summed E-state index contributed by atoms with van der Waals surface area (Å²) in [5, 5.41) is 10.8. The first-order chi connectivity index (χ1) is 12.6. The summed E-state index contributed by atoms with van der Waals surface area (Å²) >= 11 is 7.49. The third-order valence-electron chi connectivity index (χ3n) is 7.46. The number of piperidine rings is 1. The molecule has 5 atom stereocenters. The lowest BCUT2D eigenvalue weighted by molar-refractivity contribution is -0.0419. The van der Waals surface area contributed by atoms with Crippen molar-refractivity contribution in [3.05, 3.63) is 35.4 Å². The fraction of sp³-hybridized carbons (Fsp3) is 0.619. The molecule has 0 radical (unpaired) electrons. The van der Waals surface area contributed by atoms with Gasteiger partial charge in [0.05, 0.1) is 17.4 Å². The van der Waals surface area contributed by atoms with Crippen LogP contribution in [0.5, 0.6) is 11.5 Å². The van der Waals surface area contributed by atoms with E-state index in [1.807, 2.05) is 12.1 Å². The molecule has 1 saturated heterocycles. The molecule has 0 amide bonds. The monoisotopic (exact) mass is 373 g/mol. The fourth-order valence-corrected chi connectivity index (χ4v) is 6.70. The number of hydrogen-bond donors (Lipinski definition) is 1. The number of alkyl halides is 1. The topological polar surface area (TPSA) is 41.9 Å². The summed E-state index contributed by atoms with van der Waals surface area (Å²) in [6.45, 7) is 2.17. The molecule has 1 spiro atoms. The maximum atomic E-state index is 10.8. The van der Waals surface area contributed by atoms with Crippen LogP contribution < -0.4 is 9.47 Å². The number of aliphatic hydroxyl groups is 1. The highest BCUT2D eigenvalue weighted by atomic mass is 35.5. The molecule has 26 heavy (non-hydrogen) atoms. The molecule has 1 N–H and O–H groups in total. The molecule has 3 aliphatic carbocycles. The van der Waals surface area contributed by atoms with Crippen molar-refractivity contribution in [1.29, 1.82) is 0 Å². The Bertz CT molecular complexity index is 822. The van der Waals surface area contributed by atoms with Gasteiger partial charge in [0.15, 0.2) is 11.5 Å². The van der Waals surface area contributed by atoms with E-state index in [-0.39, 0.29) is 17.6 Å². The highest BCUT2D eigenvalue weighted by molar-refractivity contribution is 6.27. The lowest BCUT2D eigenvalue weighted by Crippen LogP contribution is -2.73. The first kappa shape index (κ1) is 15.8. The van der Waals surface area contributed by atoms with Gasteiger partial charge in [-0.05, 0) is 49.8 Å². The van der Waals surface area contributed by atoms with Crippen LogP contribution in [0.4, 0.5) is 0 Å². The smallest absolute Gasteiger partial charge is 0.166 e. The second-order valence-electron chi connectivity index (χ2n) is 8.67. The maximum absolute atomic E-state index is 10.8. The van der Waals surface area contributed by atoms with Crippen molar-refractivity contribution in [1.82, 2.24) is 4.90 Å². The lowest BCUT2D eigenvalue weighted by atomic mass is 9.52. The maximum Gasteiger partial charge on any atom is 0.166 e. The van der Waals surface area contributed by atoms with Crippen molar-refractivity contribution in [3.63, 3.8) is 0 Å². The van der Waals surface area contributed by atoms with Crippen LogP contribution in [0.2, 0.25) is 0 Å². The predicted octanol–water partition coefficient (Wildman–Crippen LogP) is 2.64. The normalized spacial score (nSPS) is 42.3. The number of likely N-dealkylation sites (tertiary alicyclic amines) is 1. The van der Waals surface area contributed by atoms with E-state index in [2.05, 4.69) is 17.0 Å². The van der Waals surface area contributed by atoms with Gasteiger partial charge in [0, 0.05) is 18.2 Å². The van der Waals surface area contributed by atoms with E-state index in [0.29, 0.717) is 0 Å². The molecular weight excluding hydrogens is 350 g/mol. The standard InChI is InChI=1S/C21H24ClNO3/c1-25-15-5-4-13-10-16-21(22)7-6-14(24)19-20(21,17(13)18(15)26-19)8-9-23(16)11-12-2-3-12/h4-7,12,14,16,19,24H,2-3,8-11H2,1H3/t14-,16?,19-,20?,21+/m0/s1. The summed E-state index contributed by atoms with van der Waals surface area (Å²) in [7, 11) is 1.67. The van der Waals surface area contributed by atoms with Gasteiger partial charge in [-0.25, -0.2) is 0 Å². The average molecular weight is 374 g/mol. The van der Waals surface area contributed by atoms with Gasteiger partial charge in [0.2, 0.25) is 0 Å². The van der Waals surface area contributed by atoms with Crippen LogP contribution >= 0.6 is 11.6 Å².